The highest BCUT2D eigenvalue weighted by Gasteiger charge is 2.29. The summed E-state index contributed by atoms with van der Waals surface area (Å²) in [6.07, 6.45) is 4.38. The molecule has 2 aromatic carbocycles. The summed E-state index contributed by atoms with van der Waals surface area (Å²) in [6, 6.07) is 20.7. The van der Waals surface area contributed by atoms with E-state index in [2.05, 4.69) is 17.1 Å². The molecule has 4 heteroatoms. The van der Waals surface area contributed by atoms with E-state index in [9.17, 15) is 4.39 Å². The Morgan fingerprint density at radius 3 is 2.29 bits per heavy atom. The monoisotopic (exact) mass is 317 g/mol. The van der Waals surface area contributed by atoms with Crippen LogP contribution < -0.4 is 5.01 Å². The molecule has 1 atom stereocenters. The summed E-state index contributed by atoms with van der Waals surface area (Å²) in [4.78, 5) is 4.10. The average molecular weight is 317 g/mol. The van der Waals surface area contributed by atoms with Crippen molar-refractivity contribution in [3.8, 4) is 0 Å². The van der Waals surface area contributed by atoms with Gasteiger partial charge in [0.2, 0.25) is 0 Å². The van der Waals surface area contributed by atoms with Crippen molar-refractivity contribution in [2.45, 2.75) is 12.5 Å². The van der Waals surface area contributed by atoms with E-state index >= 15 is 0 Å². The fraction of sp³-hybridized carbons (Fsp3) is 0.100. The Kier molecular flexibility index (Phi) is 3.79. The summed E-state index contributed by atoms with van der Waals surface area (Å²) in [7, 11) is 0. The molecule has 1 aliphatic heterocycles. The fourth-order valence-electron chi connectivity index (χ4n) is 2.99. The van der Waals surface area contributed by atoms with Gasteiger partial charge in [0.15, 0.2) is 0 Å². The normalized spacial score (nSPS) is 17.0. The first-order valence-electron chi connectivity index (χ1n) is 7.89. The van der Waals surface area contributed by atoms with Crippen molar-refractivity contribution in [2.24, 2.45) is 5.10 Å². The highest BCUT2D eigenvalue weighted by atomic mass is 19.1. The maximum atomic E-state index is 13.3. The first-order valence-corrected chi connectivity index (χ1v) is 7.89. The van der Waals surface area contributed by atoms with Gasteiger partial charge in [-0.15, -0.1) is 0 Å². The van der Waals surface area contributed by atoms with Crippen LogP contribution in [0.4, 0.5) is 10.1 Å². The van der Waals surface area contributed by atoms with Crippen LogP contribution in [0.25, 0.3) is 0 Å². The molecule has 2 heterocycles. The fourth-order valence-corrected chi connectivity index (χ4v) is 2.99. The van der Waals surface area contributed by atoms with Gasteiger partial charge < -0.3 is 0 Å². The molecule has 3 nitrogen and oxygen atoms in total. The third kappa shape index (κ3) is 2.78. The molecule has 0 N–H and O–H groups in total. The van der Waals surface area contributed by atoms with Crippen molar-refractivity contribution in [3.63, 3.8) is 0 Å². The molecule has 0 saturated heterocycles. The van der Waals surface area contributed by atoms with Gasteiger partial charge in [-0.25, -0.2) is 4.39 Å². The Morgan fingerprint density at radius 2 is 1.58 bits per heavy atom. The van der Waals surface area contributed by atoms with Gasteiger partial charge >= 0.3 is 0 Å². The number of nitrogens with zero attached hydrogens (tertiary/aromatic N) is 3. The van der Waals surface area contributed by atoms with Crippen LogP contribution in [0.1, 0.15) is 23.6 Å². The minimum Gasteiger partial charge on any atom is -0.265 e. The first kappa shape index (κ1) is 14.6. The number of pyridine rings is 1. The molecular formula is C20H16FN3. The van der Waals surface area contributed by atoms with E-state index in [1.807, 2.05) is 35.3 Å². The quantitative estimate of drug-likeness (QED) is 0.707. The maximum Gasteiger partial charge on any atom is 0.123 e. The maximum absolute atomic E-state index is 13.3. The van der Waals surface area contributed by atoms with Crippen LogP contribution in [0.2, 0.25) is 0 Å². The molecule has 118 valence electrons. The molecule has 0 aliphatic carbocycles. The Morgan fingerprint density at radius 1 is 0.875 bits per heavy atom. The third-order valence-corrected chi connectivity index (χ3v) is 4.20. The van der Waals surface area contributed by atoms with E-state index in [4.69, 9.17) is 5.10 Å². The van der Waals surface area contributed by atoms with Crippen molar-refractivity contribution in [1.29, 1.82) is 0 Å². The molecule has 0 fully saturated rings. The van der Waals surface area contributed by atoms with E-state index in [0.29, 0.717) is 0 Å². The zero-order chi connectivity index (χ0) is 16.4. The second-order valence-corrected chi connectivity index (χ2v) is 5.73. The summed E-state index contributed by atoms with van der Waals surface area (Å²) in [5.74, 6) is -0.245. The zero-order valence-corrected chi connectivity index (χ0v) is 13.0. The van der Waals surface area contributed by atoms with Gasteiger partial charge in [-0.1, -0.05) is 30.3 Å². The molecule has 1 aromatic heterocycles. The van der Waals surface area contributed by atoms with Crippen molar-refractivity contribution in [1.82, 2.24) is 4.98 Å². The van der Waals surface area contributed by atoms with E-state index in [1.54, 1.807) is 24.5 Å². The van der Waals surface area contributed by atoms with Crippen LogP contribution in [-0.4, -0.2) is 10.7 Å². The number of rotatable bonds is 3. The molecule has 0 radical (unpaired) electrons. The number of anilines is 1. The molecule has 3 aromatic rings. The van der Waals surface area contributed by atoms with Crippen molar-refractivity contribution < 1.29 is 4.39 Å². The number of hydrazone groups is 1. The lowest BCUT2D eigenvalue weighted by Gasteiger charge is -2.23. The molecule has 1 unspecified atom stereocenters. The lowest BCUT2D eigenvalue weighted by atomic mass is 9.99. The molecule has 0 amide bonds. The van der Waals surface area contributed by atoms with Gasteiger partial charge in [0.25, 0.3) is 0 Å². The number of halogens is 1. The van der Waals surface area contributed by atoms with Gasteiger partial charge in [0.1, 0.15) is 5.82 Å². The predicted octanol–water partition coefficient (Wildman–Crippen LogP) is 4.58. The highest BCUT2D eigenvalue weighted by molar-refractivity contribution is 6.03. The Labute approximate surface area is 140 Å². The second kappa shape index (κ2) is 6.24. The van der Waals surface area contributed by atoms with Crippen molar-refractivity contribution in [3.05, 3.63) is 96.1 Å². The van der Waals surface area contributed by atoms with Crippen LogP contribution in [0, 0.1) is 5.82 Å². The van der Waals surface area contributed by atoms with E-state index in [0.717, 1.165) is 28.9 Å². The molecule has 0 spiro atoms. The molecule has 4 rings (SSSR count). The number of benzene rings is 2. The minimum absolute atomic E-state index is 0.0775. The predicted molar refractivity (Wildman–Crippen MR) is 93.5 cm³/mol. The number of aromatic nitrogens is 1. The van der Waals surface area contributed by atoms with Crippen LogP contribution in [-0.2, 0) is 0 Å². The lowest BCUT2D eigenvalue weighted by molar-refractivity contribution is 0.626. The van der Waals surface area contributed by atoms with Crippen LogP contribution in [0.5, 0.6) is 0 Å². The third-order valence-electron chi connectivity index (χ3n) is 4.20. The van der Waals surface area contributed by atoms with Crippen molar-refractivity contribution in [2.75, 3.05) is 5.01 Å². The average Bonchev–Trinajstić information content (AvgIpc) is 3.09. The number of hydrogen-bond acceptors (Lipinski definition) is 3. The minimum atomic E-state index is -0.245. The van der Waals surface area contributed by atoms with Crippen LogP contribution in [0.3, 0.4) is 0 Å². The Balaban J connectivity index is 1.75. The SMILES string of the molecule is Fc1ccc(N2N=C(c3ccccc3)CC2c2ccncc2)cc1. The summed E-state index contributed by atoms with van der Waals surface area (Å²) in [5.41, 5.74) is 4.16. The zero-order valence-electron chi connectivity index (χ0n) is 13.0. The molecule has 1 aliphatic rings. The molecule has 0 bridgehead atoms. The topological polar surface area (TPSA) is 28.5 Å². The number of hydrogen-bond donors (Lipinski definition) is 0. The molecule has 0 saturated carbocycles. The first-order chi connectivity index (χ1) is 11.8. The van der Waals surface area contributed by atoms with Gasteiger partial charge in [0.05, 0.1) is 17.4 Å². The Bertz CT molecular complexity index is 845. The second-order valence-electron chi connectivity index (χ2n) is 5.73. The molecular weight excluding hydrogens is 301 g/mol. The summed E-state index contributed by atoms with van der Waals surface area (Å²) >= 11 is 0. The largest absolute Gasteiger partial charge is 0.265 e. The van der Waals surface area contributed by atoms with Gasteiger partial charge in [-0.2, -0.15) is 5.10 Å². The van der Waals surface area contributed by atoms with Crippen LogP contribution in [0.15, 0.2) is 84.2 Å². The summed E-state index contributed by atoms with van der Waals surface area (Å²) in [6.45, 7) is 0. The van der Waals surface area contributed by atoms with Gasteiger partial charge in [-0.05, 0) is 47.5 Å². The standard InChI is InChI=1S/C20H16FN3/c21-17-6-8-18(9-7-17)24-20(16-10-12-22-13-11-16)14-19(23-24)15-4-2-1-3-5-15/h1-13,20H,14H2. The highest BCUT2D eigenvalue weighted by Crippen LogP contribution is 2.36. The lowest BCUT2D eigenvalue weighted by Crippen LogP contribution is -2.18. The van der Waals surface area contributed by atoms with Gasteiger partial charge in [0, 0.05) is 18.8 Å². The van der Waals surface area contributed by atoms with Gasteiger partial charge in [-0.3, -0.25) is 9.99 Å². The summed E-state index contributed by atoms with van der Waals surface area (Å²) < 4.78 is 13.3. The van der Waals surface area contributed by atoms with Crippen LogP contribution >= 0.6 is 0 Å². The van der Waals surface area contributed by atoms with E-state index in [1.165, 1.54) is 12.1 Å². The Hall–Kier alpha value is -3.01. The molecule has 24 heavy (non-hydrogen) atoms. The summed E-state index contributed by atoms with van der Waals surface area (Å²) in [5, 5.41) is 6.79. The smallest absolute Gasteiger partial charge is 0.123 e. The van der Waals surface area contributed by atoms with E-state index in [-0.39, 0.29) is 11.9 Å². The van der Waals surface area contributed by atoms with Crippen molar-refractivity contribution >= 4 is 11.4 Å². The van der Waals surface area contributed by atoms with E-state index < -0.39 is 0 Å².